The molecule has 1 unspecified atom stereocenters. The lowest BCUT2D eigenvalue weighted by Crippen LogP contribution is -2.33. The summed E-state index contributed by atoms with van der Waals surface area (Å²) < 4.78 is 12.7. The second-order valence-corrected chi connectivity index (χ2v) is 4.97. The quantitative estimate of drug-likeness (QED) is 0.723. The van der Waals surface area contributed by atoms with Crippen molar-refractivity contribution in [2.45, 2.75) is 38.1 Å². The molecule has 0 saturated carbocycles. The number of benzene rings is 1. The molecular formula is C15H20FNO. The van der Waals surface area contributed by atoms with Crippen LogP contribution < -0.4 is 0 Å². The van der Waals surface area contributed by atoms with Crippen molar-refractivity contribution >= 4 is 6.29 Å². The highest BCUT2D eigenvalue weighted by atomic mass is 19.1. The fraction of sp³-hybridized carbons (Fsp3) is 0.533. The van der Waals surface area contributed by atoms with E-state index < -0.39 is 0 Å². The van der Waals surface area contributed by atoms with Crippen molar-refractivity contribution in [2.75, 3.05) is 13.1 Å². The Morgan fingerprint density at radius 3 is 2.50 bits per heavy atom. The molecule has 1 aromatic carbocycles. The van der Waals surface area contributed by atoms with Crippen LogP contribution in [0.4, 0.5) is 4.39 Å². The Balaban J connectivity index is 1.76. The number of carbonyl (C=O) groups is 1. The number of likely N-dealkylation sites (tertiary alicyclic amines) is 1. The molecule has 1 aliphatic heterocycles. The van der Waals surface area contributed by atoms with Crippen LogP contribution in [-0.2, 0) is 11.2 Å². The van der Waals surface area contributed by atoms with Gasteiger partial charge in [-0.3, -0.25) is 4.90 Å². The van der Waals surface area contributed by atoms with E-state index in [1.54, 1.807) is 0 Å². The molecule has 1 atom stereocenters. The van der Waals surface area contributed by atoms with Gasteiger partial charge in [-0.2, -0.15) is 0 Å². The first kappa shape index (κ1) is 13.2. The van der Waals surface area contributed by atoms with Crippen molar-refractivity contribution in [3.05, 3.63) is 35.6 Å². The molecule has 0 N–H and O–H groups in total. The Labute approximate surface area is 108 Å². The van der Waals surface area contributed by atoms with Crippen LogP contribution in [-0.4, -0.2) is 30.3 Å². The smallest absolute Gasteiger partial charge is 0.137 e. The summed E-state index contributed by atoms with van der Waals surface area (Å²) in [5.41, 5.74) is 1.14. The zero-order valence-corrected chi connectivity index (χ0v) is 10.6. The Hall–Kier alpha value is -1.22. The lowest BCUT2D eigenvalue weighted by atomic mass is 10.0. The summed E-state index contributed by atoms with van der Waals surface area (Å²) in [6.45, 7) is 2.11. The average Bonchev–Trinajstić information content (AvgIpc) is 2.91. The van der Waals surface area contributed by atoms with Crippen molar-refractivity contribution in [3.8, 4) is 0 Å². The van der Waals surface area contributed by atoms with Gasteiger partial charge in [0, 0.05) is 0 Å². The zero-order valence-electron chi connectivity index (χ0n) is 10.6. The van der Waals surface area contributed by atoms with E-state index in [1.807, 2.05) is 12.1 Å². The van der Waals surface area contributed by atoms with E-state index in [2.05, 4.69) is 4.90 Å². The Morgan fingerprint density at radius 2 is 1.89 bits per heavy atom. The highest BCUT2D eigenvalue weighted by Gasteiger charge is 2.20. The lowest BCUT2D eigenvalue weighted by Gasteiger charge is -2.22. The molecule has 0 bridgehead atoms. The average molecular weight is 249 g/mol. The van der Waals surface area contributed by atoms with E-state index >= 15 is 0 Å². The molecule has 1 aromatic rings. The van der Waals surface area contributed by atoms with Gasteiger partial charge >= 0.3 is 0 Å². The second-order valence-electron chi connectivity index (χ2n) is 4.97. The van der Waals surface area contributed by atoms with Crippen LogP contribution in [0.1, 0.15) is 31.2 Å². The molecule has 0 amide bonds. The molecule has 18 heavy (non-hydrogen) atoms. The minimum Gasteiger partial charge on any atom is -0.302 e. The van der Waals surface area contributed by atoms with Gasteiger partial charge in [-0.05, 0) is 62.9 Å². The highest BCUT2D eigenvalue weighted by molar-refractivity contribution is 5.57. The van der Waals surface area contributed by atoms with Crippen molar-refractivity contribution in [2.24, 2.45) is 0 Å². The van der Waals surface area contributed by atoms with E-state index in [0.717, 1.165) is 44.2 Å². The minimum atomic E-state index is -0.193. The number of aldehydes is 1. The molecule has 2 nitrogen and oxygen atoms in total. The summed E-state index contributed by atoms with van der Waals surface area (Å²) in [5.74, 6) is -0.193. The third kappa shape index (κ3) is 3.64. The monoisotopic (exact) mass is 249 g/mol. The van der Waals surface area contributed by atoms with E-state index in [9.17, 15) is 9.18 Å². The Morgan fingerprint density at radius 1 is 1.22 bits per heavy atom. The molecule has 0 radical (unpaired) electrons. The molecule has 1 saturated heterocycles. The van der Waals surface area contributed by atoms with Crippen LogP contribution in [0.2, 0.25) is 0 Å². The van der Waals surface area contributed by atoms with E-state index in [0.29, 0.717) is 0 Å². The first-order valence-corrected chi connectivity index (χ1v) is 6.73. The summed E-state index contributed by atoms with van der Waals surface area (Å²) in [6.07, 6.45) is 6.30. The fourth-order valence-electron chi connectivity index (χ4n) is 2.58. The van der Waals surface area contributed by atoms with Crippen LogP contribution in [0, 0.1) is 5.82 Å². The number of aryl methyl sites for hydroxylation is 1. The molecule has 0 aromatic heterocycles. The van der Waals surface area contributed by atoms with Crippen LogP contribution in [0.3, 0.4) is 0 Å². The maximum atomic E-state index is 12.7. The van der Waals surface area contributed by atoms with Gasteiger partial charge in [0.25, 0.3) is 0 Å². The fourth-order valence-corrected chi connectivity index (χ4v) is 2.58. The van der Waals surface area contributed by atoms with Crippen molar-refractivity contribution < 1.29 is 9.18 Å². The summed E-state index contributed by atoms with van der Waals surface area (Å²) in [6, 6.07) is 6.70. The molecule has 1 aliphatic rings. The maximum Gasteiger partial charge on any atom is 0.137 e. The summed E-state index contributed by atoms with van der Waals surface area (Å²) >= 11 is 0. The predicted octanol–water partition coefficient (Wildman–Crippen LogP) is 2.81. The third-order valence-electron chi connectivity index (χ3n) is 3.65. The Bertz CT molecular complexity index is 371. The highest BCUT2D eigenvalue weighted by Crippen LogP contribution is 2.15. The maximum absolute atomic E-state index is 12.7. The number of carbonyl (C=O) groups excluding carboxylic acids is 1. The van der Waals surface area contributed by atoms with Gasteiger partial charge in [-0.25, -0.2) is 4.39 Å². The standard InChI is InChI=1S/C15H20FNO/c16-14-8-6-13(7-9-14)4-3-5-15(12-18)17-10-1-2-11-17/h6-9,12,15H,1-5,10-11H2. The SMILES string of the molecule is O=CC(CCCc1ccc(F)cc1)N1CCCC1. The van der Waals surface area contributed by atoms with Gasteiger partial charge in [0.15, 0.2) is 0 Å². The Kier molecular flexibility index (Phi) is 4.88. The van der Waals surface area contributed by atoms with Crippen LogP contribution in [0.25, 0.3) is 0 Å². The van der Waals surface area contributed by atoms with Crippen LogP contribution >= 0.6 is 0 Å². The summed E-state index contributed by atoms with van der Waals surface area (Å²) in [5, 5.41) is 0. The van der Waals surface area contributed by atoms with E-state index in [4.69, 9.17) is 0 Å². The van der Waals surface area contributed by atoms with Gasteiger partial charge in [0.05, 0.1) is 6.04 Å². The van der Waals surface area contributed by atoms with Crippen LogP contribution in [0.15, 0.2) is 24.3 Å². The molecule has 1 heterocycles. The van der Waals surface area contributed by atoms with Gasteiger partial charge < -0.3 is 4.79 Å². The van der Waals surface area contributed by atoms with Gasteiger partial charge in [-0.15, -0.1) is 0 Å². The first-order valence-electron chi connectivity index (χ1n) is 6.73. The van der Waals surface area contributed by atoms with Gasteiger partial charge in [0.2, 0.25) is 0 Å². The molecular weight excluding hydrogens is 229 g/mol. The van der Waals surface area contributed by atoms with Crippen molar-refractivity contribution in [3.63, 3.8) is 0 Å². The number of halogens is 1. The van der Waals surface area contributed by atoms with E-state index in [1.165, 1.54) is 25.0 Å². The number of hydrogen-bond donors (Lipinski definition) is 0. The molecule has 2 rings (SSSR count). The largest absolute Gasteiger partial charge is 0.302 e. The van der Waals surface area contributed by atoms with Gasteiger partial charge in [-0.1, -0.05) is 12.1 Å². The van der Waals surface area contributed by atoms with Crippen molar-refractivity contribution in [1.29, 1.82) is 0 Å². The zero-order chi connectivity index (χ0) is 12.8. The number of rotatable bonds is 6. The molecule has 1 fully saturated rings. The lowest BCUT2D eigenvalue weighted by molar-refractivity contribution is -0.112. The third-order valence-corrected chi connectivity index (χ3v) is 3.65. The number of nitrogens with zero attached hydrogens (tertiary/aromatic N) is 1. The topological polar surface area (TPSA) is 20.3 Å². The molecule has 0 spiro atoms. The minimum absolute atomic E-state index is 0.0768. The summed E-state index contributed by atoms with van der Waals surface area (Å²) in [7, 11) is 0. The molecule has 3 heteroatoms. The normalized spacial score (nSPS) is 17.8. The molecule has 98 valence electrons. The van der Waals surface area contributed by atoms with Crippen molar-refractivity contribution in [1.82, 2.24) is 4.90 Å². The summed E-state index contributed by atoms with van der Waals surface area (Å²) in [4.78, 5) is 13.4. The second kappa shape index (κ2) is 6.64. The molecule has 0 aliphatic carbocycles. The van der Waals surface area contributed by atoms with E-state index in [-0.39, 0.29) is 11.9 Å². The number of hydrogen-bond acceptors (Lipinski definition) is 2. The van der Waals surface area contributed by atoms with Gasteiger partial charge in [0.1, 0.15) is 12.1 Å². The predicted molar refractivity (Wildman–Crippen MR) is 70.0 cm³/mol. The van der Waals surface area contributed by atoms with Crippen LogP contribution in [0.5, 0.6) is 0 Å². The first-order chi connectivity index (χ1) is 8.79.